The highest BCUT2D eigenvalue weighted by Gasteiger charge is 2.10. The predicted octanol–water partition coefficient (Wildman–Crippen LogP) is 3.58. The van der Waals surface area contributed by atoms with Crippen LogP contribution in [0.25, 0.3) is 0 Å². The summed E-state index contributed by atoms with van der Waals surface area (Å²) in [6.45, 7) is 5.42. The fourth-order valence-electron chi connectivity index (χ4n) is 1.94. The second-order valence-electron chi connectivity index (χ2n) is 4.68. The topological polar surface area (TPSA) is 58.2 Å². The van der Waals surface area contributed by atoms with Crippen LogP contribution in [0.5, 0.6) is 0 Å². The van der Waals surface area contributed by atoms with Gasteiger partial charge >= 0.3 is 0 Å². The van der Waals surface area contributed by atoms with E-state index in [0.717, 1.165) is 16.8 Å². The zero-order valence-corrected chi connectivity index (χ0v) is 12.4. The minimum absolute atomic E-state index is 0.145. The number of rotatable bonds is 3. The van der Waals surface area contributed by atoms with Crippen molar-refractivity contribution in [3.63, 3.8) is 0 Å². The molecule has 4 nitrogen and oxygen atoms in total. The molecule has 2 rings (SSSR count). The first-order valence-electron chi connectivity index (χ1n) is 6.21. The molecule has 104 valence electrons. The van der Waals surface area contributed by atoms with Crippen LogP contribution in [0.2, 0.25) is 0 Å². The zero-order chi connectivity index (χ0) is 14.7. The van der Waals surface area contributed by atoms with E-state index in [4.69, 9.17) is 0 Å². The Morgan fingerprint density at radius 3 is 2.25 bits per heavy atom. The van der Waals surface area contributed by atoms with Crippen molar-refractivity contribution in [3.05, 3.63) is 46.3 Å². The quantitative estimate of drug-likeness (QED) is 0.907. The molecule has 0 aliphatic rings. The van der Waals surface area contributed by atoms with Crippen molar-refractivity contribution < 1.29 is 9.59 Å². The summed E-state index contributed by atoms with van der Waals surface area (Å²) in [6.07, 6.45) is 0. The smallest absolute Gasteiger partial charge is 0.265 e. The highest BCUT2D eigenvalue weighted by atomic mass is 32.1. The highest BCUT2D eigenvalue weighted by Crippen LogP contribution is 2.23. The monoisotopic (exact) mass is 288 g/mol. The lowest BCUT2D eigenvalue weighted by Gasteiger charge is -2.06. The van der Waals surface area contributed by atoms with E-state index >= 15 is 0 Å². The van der Waals surface area contributed by atoms with Gasteiger partial charge in [0.15, 0.2) is 0 Å². The van der Waals surface area contributed by atoms with E-state index < -0.39 is 0 Å². The number of carbonyl (C=O) groups excluding carboxylic acids is 2. The molecule has 0 radical (unpaired) electrons. The van der Waals surface area contributed by atoms with Crippen LogP contribution in [0.3, 0.4) is 0 Å². The first kappa shape index (κ1) is 14.3. The number of hydrogen-bond donors (Lipinski definition) is 2. The van der Waals surface area contributed by atoms with E-state index in [1.807, 2.05) is 26.0 Å². The summed E-state index contributed by atoms with van der Waals surface area (Å²) < 4.78 is 0. The molecule has 20 heavy (non-hydrogen) atoms. The summed E-state index contributed by atoms with van der Waals surface area (Å²) in [5.41, 5.74) is 2.98. The number of benzene rings is 1. The van der Waals surface area contributed by atoms with Crippen LogP contribution < -0.4 is 10.6 Å². The second-order valence-corrected chi connectivity index (χ2v) is 5.76. The van der Waals surface area contributed by atoms with Crippen LogP contribution in [-0.4, -0.2) is 11.8 Å². The Labute approximate surface area is 121 Å². The lowest BCUT2D eigenvalue weighted by molar-refractivity contribution is -0.114. The van der Waals surface area contributed by atoms with Crippen LogP contribution in [-0.2, 0) is 4.79 Å². The maximum absolute atomic E-state index is 12.1. The summed E-state index contributed by atoms with van der Waals surface area (Å²) in [7, 11) is 0. The summed E-state index contributed by atoms with van der Waals surface area (Å²) in [6, 6.07) is 9.33. The Bertz CT molecular complexity index is 641. The first-order valence-corrected chi connectivity index (χ1v) is 7.03. The molecule has 1 aromatic carbocycles. The Balaban J connectivity index is 2.11. The van der Waals surface area contributed by atoms with Gasteiger partial charge in [-0.3, -0.25) is 9.59 Å². The van der Waals surface area contributed by atoms with Crippen LogP contribution in [0, 0.1) is 13.8 Å². The van der Waals surface area contributed by atoms with Crippen molar-refractivity contribution in [1.82, 2.24) is 0 Å². The van der Waals surface area contributed by atoms with Crippen LogP contribution in [0.1, 0.15) is 27.7 Å². The Hall–Kier alpha value is -2.14. The molecule has 2 aromatic rings. The molecule has 5 heteroatoms. The lowest BCUT2D eigenvalue weighted by atomic mass is 10.1. The maximum atomic E-state index is 12.1. The van der Waals surface area contributed by atoms with Crippen molar-refractivity contribution in [2.45, 2.75) is 20.8 Å². The Kier molecular flexibility index (Phi) is 4.20. The standard InChI is InChI=1S/C15H16N2O2S/c1-9-6-10(2)8-12(7-9)17-15(19)13-4-5-14(20-13)16-11(3)18/h4-8H,1-3H3,(H,16,18)(H,17,19). The van der Waals surface area contributed by atoms with Gasteiger partial charge in [0.05, 0.1) is 9.88 Å². The number of amides is 2. The summed E-state index contributed by atoms with van der Waals surface area (Å²) in [5.74, 6) is -0.315. The fraction of sp³-hybridized carbons (Fsp3) is 0.200. The number of nitrogens with one attached hydrogen (secondary N) is 2. The van der Waals surface area contributed by atoms with E-state index in [-0.39, 0.29) is 11.8 Å². The minimum atomic E-state index is -0.170. The van der Waals surface area contributed by atoms with Gasteiger partial charge in [-0.2, -0.15) is 0 Å². The molecular formula is C15H16N2O2S. The normalized spacial score (nSPS) is 10.2. The third kappa shape index (κ3) is 3.68. The van der Waals surface area contributed by atoms with Gasteiger partial charge in [0.1, 0.15) is 0 Å². The van der Waals surface area contributed by atoms with Crippen molar-refractivity contribution in [2.24, 2.45) is 0 Å². The Morgan fingerprint density at radius 1 is 1.00 bits per heavy atom. The Morgan fingerprint density at radius 2 is 1.65 bits per heavy atom. The van der Waals surface area contributed by atoms with Crippen molar-refractivity contribution in [1.29, 1.82) is 0 Å². The predicted molar refractivity (Wildman–Crippen MR) is 82.5 cm³/mol. The molecule has 0 saturated heterocycles. The minimum Gasteiger partial charge on any atom is -0.321 e. The molecule has 0 saturated carbocycles. The largest absolute Gasteiger partial charge is 0.321 e. The molecule has 0 fully saturated rings. The molecule has 2 N–H and O–H groups in total. The molecule has 0 aliphatic carbocycles. The molecular weight excluding hydrogens is 272 g/mol. The summed E-state index contributed by atoms with van der Waals surface area (Å²) >= 11 is 1.25. The van der Waals surface area contributed by atoms with Crippen LogP contribution in [0.15, 0.2) is 30.3 Å². The third-order valence-corrected chi connectivity index (χ3v) is 3.61. The lowest BCUT2D eigenvalue weighted by Crippen LogP contribution is -2.10. The summed E-state index contributed by atoms with van der Waals surface area (Å²) in [4.78, 5) is 23.6. The van der Waals surface area contributed by atoms with Gasteiger partial charge in [-0.15, -0.1) is 11.3 Å². The third-order valence-electron chi connectivity index (χ3n) is 2.61. The van der Waals surface area contributed by atoms with E-state index in [0.29, 0.717) is 9.88 Å². The number of hydrogen-bond acceptors (Lipinski definition) is 3. The molecule has 1 heterocycles. The van der Waals surface area contributed by atoms with E-state index in [2.05, 4.69) is 16.7 Å². The summed E-state index contributed by atoms with van der Waals surface area (Å²) in [5, 5.41) is 6.20. The SMILES string of the molecule is CC(=O)Nc1ccc(C(=O)Nc2cc(C)cc(C)c2)s1. The van der Waals surface area contributed by atoms with E-state index in [9.17, 15) is 9.59 Å². The number of carbonyl (C=O) groups is 2. The van der Waals surface area contributed by atoms with Crippen molar-refractivity contribution in [2.75, 3.05) is 10.6 Å². The molecule has 0 bridgehead atoms. The van der Waals surface area contributed by atoms with Gasteiger partial charge < -0.3 is 10.6 Å². The van der Waals surface area contributed by atoms with Gasteiger partial charge in [-0.25, -0.2) is 0 Å². The molecule has 0 spiro atoms. The average Bonchev–Trinajstić information content (AvgIpc) is 2.75. The maximum Gasteiger partial charge on any atom is 0.265 e. The van der Waals surface area contributed by atoms with Crippen molar-refractivity contribution in [3.8, 4) is 0 Å². The molecule has 0 aliphatic heterocycles. The van der Waals surface area contributed by atoms with Crippen LogP contribution in [0.4, 0.5) is 10.7 Å². The second kappa shape index (κ2) is 5.88. The van der Waals surface area contributed by atoms with Crippen LogP contribution >= 0.6 is 11.3 Å². The van der Waals surface area contributed by atoms with Gasteiger partial charge in [-0.1, -0.05) is 6.07 Å². The molecule has 2 amide bonds. The van der Waals surface area contributed by atoms with E-state index in [1.54, 1.807) is 12.1 Å². The molecule has 1 aromatic heterocycles. The zero-order valence-electron chi connectivity index (χ0n) is 11.6. The number of thiophene rings is 1. The first-order chi connectivity index (χ1) is 9.44. The number of aryl methyl sites for hydroxylation is 2. The van der Waals surface area contributed by atoms with Gasteiger partial charge in [-0.05, 0) is 49.2 Å². The van der Waals surface area contributed by atoms with Gasteiger partial charge in [0.25, 0.3) is 5.91 Å². The van der Waals surface area contributed by atoms with Crippen molar-refractivity contribution >= 4 is 33.8 Å². The molecule has 0 unspecified atom stereocenters. The fourth-order valence-corrected chi connectivity index (χ4v) is 2.79. The van der Waals surface area contributed by atoms with Gasteiger partial charge in [0, 0.05) is 12.6 Å². The highest BCUT2D eigenvalue weighted by molar-refractivity contribution is 7.18. The molecule has 0 atom stereocenters. The van der Waals surface area contributed by atoms with Gasteiger partial charge in [0.2, 0.25) is 5.91 Å². The van der Waals surface area contributed by atoms with E-state index in [1.165, 1.54) is 18.3 Å². The average molecular weight is 288 g/mol. The number of anilines is 2.